The molecule has 0 spiro atoms. The average molecular weight is 343 g/mol. The minimum Gasteiger partial charge on any atom is -0.369 e. The molecule has 0 unspecified atom stereocenters. The lowest BCUT2D eigenvalue weighted by Gasteiger charge is -2.20. The molecule has 0 radical (unpaired) electrons. The van der Waals surface area contributed by atoms with Crippen LogP contribution in [0.5, 0.6) is 0 Å². The predicted molar refractivity (Wildman–Crippen MR) is 79.7 cm³/mol. The van der Waals surface area contributed by atoms with Gasteiger partial charge in [0.15, 0.2) is 0 Å². The second-order valence-electron chi connectivity index (χ2n) is 5.61. The van der Waals surface area contributed by atoms with Crippen LogP contribution >= 0.6 is 15.9 Å². The molecule has 0 atom stereocenters. The molecule has 0 fully saturated rings. The van der Waals surface area contributed by atoms with E-state index in [0.717, 1.165) is 0 Å². The zero-order valence-electron chi connectivity index (χ0n) is 11.5. The van der Waals surface area contributed by atoms with Crippen LogP contribution in [0.2, 0.25) is 0 Å². The molecule has 0 aliphatic heterocycles. The molecular formula is C13H16BrFN4O. The van der Waals surface area contributed by atoms with Crippen LogP contribution in [0.3, 0.4) is 0 Å². The largest absolute Gasteiger partial charge is 0.369 e. The molecular weight excluding hydrogens is 327 g/mol. The standard InChI is InChI=1S/C13H16BrFN4O/c1-13(2,3)18-11(20)6-19-10-5-8(15)7(14)4-9(10)17-12(19)16/h4-5H,6H2,1-3H3,(H2,16,17)(H,18,20). The van der Waals surface area contributed by atoms with E-state index in [9.17, 15) is 9.18 Å². The molecule has 108 valence electrons. The maximum Gasteiger partial charge on any atom is 0.240 e. The van der Waals surface area contributed by atoms with Crippen LogP contribution in [0.25, 0.3) is 11.0 Å². The Morgan fingerprint density at radius 3 is 2.75 bits per heavy atom. The summed E-state index contributed by atoms with van der Waals surface area (Å²) in [5, 5.41) is 2.83. The van der Waals surface area contributed by atoms with Gasteiger partial charge >= 0.3 is 0 Å². The highest BCUT2D eigenvalue weighted by atomic mass is 79.9. The minimum atomic E-state index is -0.421. The molecule has 0 aliphatic carbocycles. The number of hydrogen-bond acceptors (Lipinski definition) is 3. The lowest BCUT2D eigenvalue weighted by atomic mass is 10.1. The molecule has 0 bridgehead atoms. The maximum absolute atomic E-state index is 13.6. The number of nitrogen functional groups attached to an aromatic ring is 1. The number of fused-ring (bicyclic) bond motifs is 1. The summed E-state index contributed by atoms with van der Waals surface area (Å²) in [5.41, 5.74) is 6.50. The van der Waals surface area contributed by atoms with Crippen molar-refractivity contribution in [2.24, 2.45) is 0 Å². The molecule has 7 heteroatoms. The SMILES string of the molecule is CC(C)(C)NC(=O)Cn1c(N)nc2cc(Br)c(F)cc21. The summed E-state index contributed by atoms with van der Waals surface area (Å²) in [4.78, 5) is 16.1. The number of carbonyl (C=O) groups excluding carboxylic acids is 1. The summed E-state index contributed by atoms with van der Waals surface area (Å²) in [6, 6.07) is 2.85. The van der Waals surface area contributed by atoms with Gasteiger partial charge in [0.05, 0.1) is 15.5 Å². The van der Waals surface area contributed by atoms with E-state index in [4.69, 9.17) is 5.73 Å². The quantitative estimate of drug-likeness (QED) is 0.880. The molecule has 2 rings (SSSR count). The Morgan fingerprint density at radius 2 is 2.15 bits per heavy atom. The monoisotopic (exact) mass is 342 g/mol. The number of carbonyl (C=O) groups is 1. The Morgan fingerprint density at radius 1 is 1.50 bits per heavy atom. The number of imidazole rings is 1. The molecule has 1 amide bonds. The summed E-state index contributed by atoms with van der Waals surface area (Å²) < 4.78 is 15.4. The third-order valence-electron chi connectivity index (χ3n) is 2.64. The van der Waals surface area contributed by atoms with Gasteiger partial charge in [0, 0.05) is 11.6 Å². The van der Waals surface area contributed by atoms with Crippen LogP contribution in [0.4, 0.5) is 10.3 Å². The molecule has 0 aliphatic rings. The molecule has 20 heavy (non-hydrogen) atoms. The number of hydrogen-bond donors (Lipinski definition) is 2. The van der Waals surface area contributed by atoms with E-state index in [1.54, 1.807) is 6.07 Å². The van der Waals surface area contributed by atoms with Gasteiger partial charge in [-0.05, 0) is 42.8 Å². The second-order valence-corrected chi connectivity index (χ2v) is 6.46. The molecule has 1 aromatic heterocycles. The number of nitrogens with two attached hydrogens (primary N) is 1. The van der Waals surface area contributed by atoms with E-state index in [-0.39, 0.29) is 23.9 Å². The molecule has 1 aromatic carbocycles. The molecule has 3 N–H and O–H groups in total. The Labute approximate surface area is 124 Å². The van der Waals surface area contributed by atoms with E-state index in [1.165, 1.54) is 10.6 Å². The maximum atomic E-state index is 13.6. The molecule has 2 aromatic rings. The Hall–Kier alpha value is -1.63. The Bertz CT molecular complexity index is 675. The number of anilines is 1. The molecule has 0 saturated heterocycles. The van der Waals surface area contributed by atoms with Gasteiger partial charge in [-0.1, -0.05) is 0 Å². The van der Waals surface area contributed by atoms with Gasteiger partial charge in [0.1, 0.15) is 12.4 Å². The Kier molecular flexibility index (Phi) is 3.73. The minimum absolute atomic E-state index is 0.000670. The number of halogens is 2. The van der Waals surface area contributed by atoms with E-state index in [0.29, 0.717) is 15.5 Å². The fraction of sp³-hybridized carbons (Fsp3) is 0.385. The van der Waals surface area contributed by atoms with E-state index < -0.39 is 5.82 Å². The topological polar surface area (TPSA) is 72.9 Å². The fourth-order valence-electron chi connectivity index (χ4n) is 1.91. The number of rotatable bonds is 2. The highest BCUT2D eigenvalue weighted by Gasteiger charge is 2.17. The summed E-state index contributed by atoms with van der Waals surface area (Å²) in [5.74, 6) is -0.441. The average Bonchev–Trinajstić information content (AvgIpc) is 2.54. The van der Waals surface area contributed by atoms with Gasteiger partial charge in [0.25, 0.3) is 0 Å². The summed E-state index contributed by atoms with van der Waals surface area (Å²) in [7, 11) is 0. The van der Waals surface area contributed by atoms with Crippen LogP contribution in [0, 0.1) is 5.82 Å². The van der Waals surface area contributed by atoms with Crippen molar-refractivity contribution in [3.8, 4) is 0 Å². The van der Waals surface area contributed by atoms with Gasteiger partial charge in [-0.3, -0.25) is 4.79 Å². The highest BCUT2D eigenvalue weighted by Crippen LogP contribution is 2.25. The zero-order valence-corrected chi connectivity index (χ0v) is 13.1. The summed E-state index contributed by atoms with van der Waals surface area (Å²) in [6.45, 7) is 5.66. The number of amides is 1. The van der Waals surface area contributed by atoms with Crippen LogP contribution in [0.1, 0.15) is 20.8 Å². The number of nitrogens with one attached hydrogen (secondary N) is 1. The lowest BCUT2D eigenvalue weighted by molar-refractivity contribution is -0.122. The third-order valence-corrected chi connectivity index (χ3v) is 3.24. The normalized spacial score (nSPS) is 11.8. The van der Waals surface area contributed by atoms with Crippen molar-refractivity contribution in [3.63, 3.8) is 0 Å². The molecule has 5 nitrogen and oxygen atoms in total. The van der Waals surface area contributed by atoms with Crippen LogP contribution < -0.4 is 11.1 Å². The van der Waals surface area contributed by atoms with E-state index in [2.05, 4.69) is 26.2 Å². The van der Waals surface area contributed by atoms with Crippen molar-refractivity contribution < 1.29 is 9.18 Å². The number of benzene rings is 1. The van der Waals surface area contributed by atoms with Crippen molar-refractivity contribution in [2.45, 2.75) is 32.9 Å². The van der Waals surface area contributed by atoms with Gasteiger partial charge in [0.2, 0.25) is 11.9 Å². The first-order chi connectivity index (χ1) is 9.17. The second kappa shape index (κ2) is 5.05. The molecule has 1 heterocycles. The fourth-order valence-corrected chi connectivity index (χ4v) is 2.24. The number of nitrogens with zero attached hydrogens (tertiary/aromatic N) is 2. The Balaban J connectivity index is 2.37. The van der Waals surface area contributed by atoms with Crippen LogP contribution in [0.15, 0.2) is 16.6 Å². The first-order valence-corrected chi connectivity index (χ1v) is 6.88. The van der Waals surface area contributed by atoms with E-state index >= 15 is 0 Å². The van der Waals surface area contributed by atoms with Crippen LogP contribution in [-0.2, 0) is 11.3 Å². The van der Waals surface area contributed by atoms with Crippen LogP contribution in [-0.4, -0.2) is 21.0 Å². The molecule has 0 saturated carbocycles. The predicted octanol–water partition coefficient (Wildman–Crippen LogP) is 2.43. The first kappa shape index (κ1) is 14.8. The summed E-state index contributed by atoms with van der Waals surface area (Å²) >= 11 is 3.10. The van der Waals surface area contributed by atoms with Crippen molar-refractivity contribution in [1.29, 1.82) is 0 Å². The van der Waals surface area contributed by atoms with Crippen molar-refractivity contribution >= 4 is 38.8 Å². The smallest absolute Gasteiger partial charge is 0.240 e. The zero-order chi connectivity index (χ0) is 15.1. The van der Waals surface area contributed by atoms with Gasteiger partial charge in [-0.2, -0.15) is 0 Å². The van der Waals surface area contributed by atoms with Crippen molar-refractivity contribution in [1.82, 2.24) is 14.9 Å². The van der Waals surface area contributed by atoms with E-state index in [1.807, 2.05) is 20.8 Å². The van der Waals surface area contributed by atoms with Crippen molar-refractivity contribution in [3.05, 3.63) is 22.4 Å². The third kappa shape index (κ3) is 3.09. The van der Waals surface area contributed by atoms with Crippen molar-refractivity contribution in [2.75, 3.05) is 5.73 Å². The first-order valence-electron chi connectivity index (χ1n) is 6.09. The summed E-state index contributed by atoms with van der Waals surface area (Å²) in [6.07, 6.45) is 0. The number of aromatic nitrogens is 2. The lowest BCUT2D eigenvalue weighted by Crippen LogP contribution is -2.42. The highest BCUT2D eigenvalue weighted by molar-refractivity contribution is 9.10. The van der Waals surface area contributed by atoms with Gasteiger partial charge < -0.3 is 15.6 Å². The van der Waals surface area contributed by atoms with Gasteiger partial charge in [-0.15, -0.1) is 0 Å². The van der Waals surface area contributed by atoms with Gasteiger partial charge in [-0.25, -0.2) is 9.37 Å².